The van der Waals surface area contributed by atoms with Crippen LogP contribution in [0.4, 0.5) is 0 Å². The third-order valence-electron chi connectivity index (χ3n) is 7.27. The summed E-state index contributed by atoms with van der Waals surface area (Å²) in [6.07, 6.45) is 3.82. The van der Waals surface area contributed by atoms with Crippen LogP contribution < -0.4 is 0 Å². The lowest BCUT2D eigenvalue weighted by atomic mass is 9.89. The van der Waals surface area contributed by atoms with Crippen LogP contribution in [0.1, 0.15) is 31.1 Å². The molecule has 0 radical (unpaired) electrons. The van der Waals surface area contributed by atoms with E-state index in [-0.39, 0.29) is 5.66 Å². The highest BCUT2D eigenvalue weighted by Gasteiger charge is 2.60. The van der Waals surface area contributed by atoms with Gasteiger partial charge >= 0.3 is 0 Å². The summed E-state index contributed by atoms with van der Waals surface area (Å²) in [6.45, 7) is 7.46. The summed E-state index contributed by atoms with van der Waals surface area (Å²) in [5.74, 6) is 1.90. The summed E-state index contributed by atoms with van der Waals surface area (Å²) in [5.41, 5.74) is 2.52. The minimum absolute atomic E-state index is 0.0676. The first kappa shape index (κ1) is 16.5. The average Bonchev–Trinajstić information content (AvgIpc) is 3.38. The fraction of sp³-hybridized carbons (Fsp3) is 0.667. The first-order valence-electron chi connectivity index (χ1n) is 10.5. The van der Waals surface area contributed by atoms with E-state index in [1.54, 1.807) is 0 Å². The maximum Gasteiger partial charge on any atom is 0.129 e. The minimum atomic E-state index is 0.0676. The minimum Gasteiger partial charge on any atom is -0.379 e. The second-order valence-electron chi connectivity index (χ2n) is 8.36. The molecule has 6 rings (SSSR count). The Balaban J connectivity index is 1.55. The van der Waals surface area contributed by atoms with Crippen molar-refractivity contribution in [2.45, 2.75) is 31.0 Å². The number of benzene rings is 1. The van der Waals surface area contributed by atoms with Crippen LogP contribution in [0, 0.1) is 5.92 Å². The van der Waals surface area contributed by atoms with Crippen molar-refractivity contribution in [1.82, 2.24) is 19.4 Å². The van der Waals surface area contributed by atoms with E-state index in [4.69, 9.17) is 14.5 Å². The number of para-hydroxylation sites is 2. The maximum atomic E-state index is 5.71. The lowest BCUT2D eigenvalue weighted by Gasteiger charge is -2.46. The van der Waals surface area contributed by atoms with Gasteiger partial charge in [-0.2, -0.15) is 0 Å². The number of nitrogens with zero attached hydrogens (tertiary/aromatic N) is 4. The first-order valence-corrected chi connectivity index (χ1v) is 10.5. The largest absolute Gasteiger partial charge is 0.379 e. The van der Waals surface area contributed by atoms with Gasteiger partial charge in [0.2, 0.25) is 0 Å². The van der Waals surface area contributed by atoms with Crippen LogP contribution in [0.3, 0.4) is 0 Å². The zero-order valence-corrected chi connectivity index (χ0v) is 15.8. The predicted octanol–water partition coefficient (Wildman–Crippen LogP) is 2.21. The molecular formula is C21H28N4O2. The summed E-state index contributed by atoms with van der Waals surface area (Å²) in [4.78, 5) is 10.6. The molecule has 144 valence electrons. The predicted molar refractivity (Wildman–Crippen MR) is 103 cm³/mol. The molecular weight excluding hydrogens is 340 g/mol. The highest BCUT2D eigenvalue weighted by molar-refractivity contribution is 5.77. The molecule has 1 aromatic carbocycles. The van der Waals surface area contributed by atoms with E-state index in [2.05, 4.69) is 38.6 Å². The lowest BCUT2D eigenvalue weighted by Crippen LogP contribution is -2.55. The van der Waals surface area contributed by atoms with Gasteiger partial charge in [0.25, 0.3) is 0 Å². The molecule has 0 unspecified atom stereocenters. The molecule has 2 aromatic rings. The van der Waals surface area contributed by atoms with Gasteiger partial charge in [0, 0.05) is 32.1 Å². The second kappa shape index (κ2) is 6.27. The van der Waals surface area contributed by atoms with Gasteiger partial charge in [-0.1, -0.05) is 12.1 Å². The number of fused-ring (bicyclic) bond motifs is 5. The van der Waals surface area contributed by atoms with Gasteiger partial charge in [0.15, 0.2) is 0 Å². The van der Waals surface area contributed by atoms with Crippen molar-refractivity contribution in [3.05, 3.63) is 30.1 Å². The number of rotatable bonds is 2. The number of imidazole rings is 1. The third kappa shape index (κ3) is 2.24. The zero-order valence-electron chi connectivity index (χ0n) is 15.8. The third-order valence-corrected chi connectivity index (χ3v) is 7.27. The molecule has 27 heavy (non-hydrogen) atoms. The van der Waals surface area contributed by atoms with E-state index in [1.807, 2.05) is 0 Å². The Morgan fingerprint density at radius 2 is 1.70 bits per heavy atom. The molecule has 3 fully saturated rings. The summed E-state index contributed by atoms with van der Waals surface area (Å²) >= 11 is 0. The fourth-order valence-corrected chi connectivity index (χ4v) is 6.27. The second-order valence-corrected chi connectivity index (χ2v) is 8.36. The van der Waals surface area contributed by atoms with Crippen molar-refractivity contribution in [3.8, 4) is 0 Å². The molecule has 1 aromatic heterocycles. The van der Waals surface area contributed by atoms with Gasteiger partial charge in [-0.25, -0.2) is 4.98 Å². The number of hydrogen-bond acceptors (Lipinski definition) is 5. The smallest absolute Gasteiger partial charge is 0.129 e. The van der Waals surface area contributed by atoms with Gasteiger partial charge in [-0.3, -0.25) is 9.80 Å². The summed E-state index contributed by atoms with van der Waals surface area (Å²) in [6, 6.07) is 9.13. The Morgan fingerprint density at radius 3 is 2.52 bits per heavy atom. The molecule has 3 aliphatic heterocycles. The maximum absolute atomic E-state index is 5.71. The van der Waals surface area contributed by atoms with Gasteiger partial charge in [-0.05, 0) is 31.4 Å². The molecule has 0 bridgehead atoms. The molecule has 3 atom stereocenters. The van der Waals surface area contributed by atoms with Crippen molar-refractivity contribution < 1.29 is 9.47 Å². The highest BCUT2D eigenvalue weighted by Crippen LogP contribution is 2.58. The van der Waals surface area contributed by atoms with Crippen LogP contribution in [0.2, 0.25) is 0 Å². The van der Waals surface area contributed by atoms with Gasteiger partial charge in [0.1, 0.15) is 11.5 Å². The summed E-state index contributed by atoms with van der Waals surface area (Å²) < 4.78 is 14.0. The molecule has 4 heterocycles. The Bertz CT molecular complexity index is 840. The SMILES string of the molecule is c1ccc2c(c1)nc1n2[C@]2(N3CCOCC3)CCC[C@@H]2[C@H]1N1CCOCC1. The summed E-state index contributed by atoms with van der Waals surface area (Å²) in [7, 11) is 0. The number of morpholine rings is 2. The first-order chi connectivity index (χ1) is 13.4. The zero-order chi connectivity index (χ0) is 17.8. The molecule has 0 amide bonds. The quantitative estimate of drug-likeness (QED) is 0.813. The fourth-order valence-electron chi connectivity index (χ4n) is 6.27. The average molecular weight is 368 g/mol. The van der Waals surface area contributed by atoms with E-state index >= 15 is 0 Å². The Labute approximate surface area is 160 Å². The van der Waals surface area contributed by atoms with Crippen molar-refractivity contribution >= 4 is 11.0 Å². The molecule has 6 heteroatoms. The Kier molecular flexibility index (Phi) is 3.83. The normalized spacial score (nSPS) is 34.8. The van der Waals surface area contributed by atoms with Crippen LogP contribution in [0.5, 0.6) is 0 Å². The van der Waals surface area contributed by atoms with Crippen LogP contribution in [-0.2, 0) is 15.1 Å². The van der Waals surface area contributed by atoms with Crippen molar-refractivity contribution in [1.29, 1.82) is 0 Å². The molecule has 2 saturated heterocycles. The Morgan fingerprint density at radius 1 is 0.963 bits per heavy atom. The van der Waals surface area contributed by atoms with Crippen LogP contribution in [0.15, 0.2) is 24.3 Å². The van der Waals surface area contributed by atoms with Crippen molar-refractivity contribution in [3.63, 3.8) is 0 Å². The Hall–Kier alpha value is -1.47. The molecule has 1 aliphatic carbocycles. The topological polar surface area (TPSA) is 42.8 Å². The van der Waals surface area contributed by atoms with Crippen LogP contribution in [0.25, 0.3) is 11.0 Å². The molecule has 6 nitrogen and oxygen atoms in total. The van der Waals surface area contributed by atoms with Gasteiger partial charge in [-0.15, -0.1) is 0 Å². The number of hydrogen-bond donors (Lipinski definition) is 0. The van der Waals surface area contributed by atoms with Crippen LogP contribution in [-0.4, -0.2) is 72.0 Å². The van der Waals surface area contributed by atoms with Crippen molar-refractivity contribution in [2.24, 2.45) is 5.92 Å². The number of ether oxygens (including phenoxy) is 2. The molecule has 1 saturated carbocycles. The highest BCUT2D eigenvalue weighted by atomic mass is 16.5. The molecule has 0 spiro atoms. The van der Waals surface area contributed by atoms with Crippen LogP contribution >= 0.6 is 0 Å². The van der Waals surface area contributed by atoms with E-state index in [0.29, 0.717) is 12.0 Å². The monoisotopic (exact) mass is 368 g/mol. The van der Waals surface area contributed by atoms with E-state index in [0.717, 1.165) is 58.1 Å². The molecule has 4 aliphatic rings. The molecule has 0 N–H and O–H groups in total. The summed E-state index contributed by atoms with van der Waals surface area (Å²) in [5, 5.41) is 0. The van der Waals surface area contributed by atoms with E-state index in [1.165, 1.54) is 30.6 Å². The lowest BCUT2D eigenvalue weighted by molar-refractivity contribution is -0.0821. The van der Waals surface area contributed by atoms with E-state index in [9.17, 15) is 0 Å². The standard InChI is InChI=1S/C21H28N4O2/c1-2-6-18-17(5-1)22-20-19(23-8-12-26-13-9-23)16-4-3-7-21(16,25(18)20)24-10-14-27-15-11-24/h1-2,5-6,16,19H,3-4,7-15H2/t16-,19-,21-/m1/s1. The number of aromatic nitrogens is 2. The van der Waals surface area contributed by atoms with Gasteiger partial charge < -0.3 is 14.0 Å². The van der Waals surface area contributed by atoms with Gasteiger partial charge in [0.05, 0.1) is 43.5 Å². The van der Waals surface area contributed by atoms with E-state index < -0.39 is 0 Å². The van der Waals surface area contributed by atoms with Crippen molar-refractivity contribution in [2.75, 3.05) is 52.6 Å².